The number of piperidine rings is 1. The smallest absolute Gasteiger partial charge is 0.332 e. The number of esters is 1. The molecule has 1 aliphatic rings. The van der Waals surface area contributed by atoms with E-state index in [4.69, 9.17) is 21.1 Å². The lowest BCUT2D eigenvalue weighted by atomic mass is 10.1. The first-order chi connectivity index (χ1) is 15.0. The van der Waals surface area contributed by atoms with Crippen LogP contribution >= 0.6 is 35.3 Å². The molecule has 1 aliphatic heterocycles. The molecular formula is C21H21Cl2F2N3O3S. The molecule has 0 atom stereocenters. The Morgan fingerprint density at radius 2 is 2.00 bits per heavy atom. The van der Waals surface area contributed by atoms with Crippen LogP contribution in [-0.2, 0) is 14.3 Å². The average Bonchev–Trinajstić information content (AvgIpc) is 3.23. The fourth-order valence-corrected chi connectivity index (χ4v) is 4.50. The van der Waals surface area contributed by atoms with Crippen molar-refractivity contribution in [3.8, 4) is 11.4 Å². The minimum Gasteiger partial charge on any atom is -0.464 e. The molecule has 1 aromatic carbocycles. The van der Waals surface area contributed by atoms with Gasteiger partial charge in [-0.05, 0) is 43.3 Å². The quantitative estimate of drug-likeness (QED) is 0.337. The van der Waals surface area contributed by atoms with Gasteiger partial charge in [0.15, 0.2) is 11.6 Å². The third-order valence-electron chi connectivity index (χ3n) is 5.02. The molecule has 0 aliphatic carbocycles. The number of hydrogen-bond donors (Lipinski definition) is 0. The molecule has 0 radical (unpaired) electrons. The van der Waals surface area contributed by atoms with Crippen LogP contribution in [0, 0.1) is 11.6 Å². The molecule has 0 bridgehead atoms. The van der Waals surface area contributed by atoms with Gasteiger partial charge in [0.1, 0.15) is 18.2 Å². The van der Waals surface area contributed by atoms with Crippen LogP contribution in [0.25, 0.3) is 21.6 Å². The van der Waals surface area contributed by atoms with Crippen molar-refractivity contribution in [3.63, 3.8) is 0 Å². The van der Waals surface area contributed by atoms with Gasteiger partial charge in [0.05, 0.1) is 33.5 Å². The maximum Gasteiger partial charge on any atom is 0.332 e. The maximum atomic E-state index is 14.5. The van der Waals surface area contributed by atoms with Crippen LogP contribution in [0.4, 0.5) is 14.6 Å². The van der Waals surface area contributed by atoms with Crippen LogP contribution in [0.1, 0.15) is 19.8 Å². The van der Waals surface area contributed by atoms with Crippen molar-refractivity contribution in [2.45, 2.75) is 25.9 Å². The van der Waals surface area contributed by atoms with Crippen molar-refractivity contribution < 1.29 is 23.0 Å². The SMILES string of the molecule is CCOC(=O)COC1CCN(c2nc(-c3cc(F)c(Cl)cc3F)nc3ccsc23)CC1.Cl. The Morgan fingerprint density at radius 3 is 2.72 bits per heavy atom. The van der Waals surface area contributed by atoms with Gasteiger partial charge in [0.25, 0.3) is 0 Å². The number of benzene rings is 1. The Hall–Kier alpha value is -2.07. The molecule has 11 heteroatoms. The van der Waals surface area contributed by atoms with Crippen molar-refractivity contribution in [1.82, 2.24) is 9.97 Å². The van der Waals surface area contributed by atoms with E-state index in [1.165, 1.54) is 11.3 Å². The standard InChI is InChI=1S/C21H20ClF2N3O3S.ClH/c1-2-29-18(28)11-30-12-3-6-27(7-4-12)21-19-17(5-8-31-19)25-20(26-21)13-9-16(24)14(22)10-15(13)23;/h5,8-10,12H,2-4,6-7,11H2,1H3;1H. The number of nitrogens with zero attached hydrogens (tertiary/aromatic N) is 3. The van der Waals surface area contributed by atoms with Gasteiger partial charge in [-0.3, -0.25) is 0 Å². The van der Waals surface area contributed by atoms with E-state index in [9.17, 15) is 13.6 Å². The highest BCUT2D eigenvalue weighted by Crippen LogP contribution is 2.34. The molecule has 4 rings (SSSR count). The van der Waals surface area contributed by atoms with Gasteiger partial charge < -0.3 is 14.4 Å². The second-order valence-corrected chi connectivity index (χ2v) is 8.38. The summed E-state index contributed by atoms with van der Waals surface area (Å²) in [5.74, 6) is -1.00. The van der Waals surface area contributed by atoms with Crippen molar-refractivity contribution >= 4 is 57.3 Å². The number of ether oxygens (including phenoxy) is 2. The van der Waals surface area contributed by atoms with Crippen LogP contribution in [0.5, 0.6) is 0 Å². The van der Waals surface area contributed by atoms with Gasteiger partial charge in [0, 0.05) is 13.1 Å². The number of carbonyl (C=O) groups excluding carboxylic acids is 1. The van der Waals surface area contributed by atoms with Gasteiger partial charge in [0.2, 0.25) is 0 Å². The average molecular weight is 504 g/mol. The molecule has 0 saturated carbocycles. The number of rotatable bonds is 6. The van der Waals surface area contributed by atoms with E-state index in [1.54, 1.807) is 6.92 Å². The minimum atomic E-state index is -0.729. The molecule has 0 amide bonds. The molecule has 172 valence electrons. The summed E-state index contributed by atoms with van der Waals surface area (Å²) in [6, 6.07) is 3.78. The predicted molar refractivity (Wildman–Crippen MR) is 123 cm³/mol. The first-order valence-corrected chi connectivity index (χ1v) is 11.1. The highest BCUT2D eigenvalue weighted by atomic mass is 35.5. The topological polar surface area (TPSA) is 64.6 Å². The summed E-state index contributed by atoms with van der Waals surface area (Å²) in [6.45, 7) is 3.31. The monoisotopic (exact) mass is 503 g/mol. The number of carbonyl (C=O) groups is 1. The Balaban J connectivity index is 0.00000289. The molecule has 3 heterocycles. The van der Waals surface area contributed by atoms with Gasteiger partial charge in [-0.2, -0.15) is 0 Å². The van der Waals surface area contributed by atoms with Crippen molar-refractivity contribution in [1.29, 1.82) is 0 Å². The number of halogens is 4. The summed E-state index contributed by atoms with van der Waals surface area (Å²) < 4.78 is 39.9. The maximum absolute atomic E-state index is 14.5. The Bertz CT molecular complexity index is 1110. The molecule has 6 nitrogen and oxygen atoms in total. The highest BCUT2D eigenvalue weighted by molar-refractivity contribution is 7.17. The third-order valence-corrected chi connectivity index (χ3v) is 6.21. The molecule has 0 spiro atoms. The van der Waals surface area contributed by atoms with E-state index in [-0.39, 0.29) is 47.5 Å². The fraction of sp³-hybridized carbons (Fsp3) is 0.381. The third kappa shape index (κ3) is 5.28. The lowest BCUT2D eigenvalue weighted by molar-refractivity contribution is -0.150. The Morgan fingerprint density at radius 1 is 1.25 bits per heavy atom. The largest absolute Gasteiger partial charge is 0.464 e. The lowest BCUT2D eigenvalue weighted by Gasteiger charge is -2.32. The Labute approximate surface area is 198 Å². The zero-order valence-corrected chi connectivity index (χ0v) is 19.5. The molecule has 1 fully saturated rings. The van der Waals surface area contributed by atoms with Crippen LogP contribution in [0.3, 0.4) is 0 Å². The van der Waals surface area contributed by atoms with Crippen LogP contribution in [-0.4, -0.2) is 48.3 Å². The first-order valence-electron chi connectivity index (χ1n) is 9.88. The summed E-state index contributed by atoms with van der Waals surface area (Å²) >= 11 is 7.17. The molecule has 3 aromatic rings. The van der Waals surface area contributed by atoms with Crippen LogP contribution in [0.15, 0.2) is 23.6 Å². The van der Waals surface area contributed by atoms with Gasteiger partial charge in [-0.1, -0.05) is 11.6 Å². The lowest BCUT2D eigenvalue weighted by Crippen LogP contribution is -2.38. The van der Waals surface area contributed by atoms with E-state index in [0.29, 0.717) is 43.9 Å². The van der Waals surface area contributed by atoms with E-state index in [0.717, 1.165) is 16.8 Å². The molecular weight excluding hydrogens is 483 g/mol. The molecule has 0 N–H and O–H groups in total. The zero-order chi connectivity index (χ0) is 22.0. The predicted octanol–water partition coefficient (Wildman–Crippen LogP) is 5.26. The molecule has 2 aromatic heterocycles. The summed E-state index contributed by atoms with van der Waals surface area (Å²) in [6.07, 6.45) is 1.36. The molecule has 0 unspecified atom stereocenters. The number of hydrogen-bond acceptors (Lipinski definition) is 7. The van der Waals surface area contributed by atoms with E-state index in [2.05, 4.69) is 14.9 Å². The van der Waals surface area contributed by atoms with Gasteiger partial charge in [-0.25, -0.2) is 23.5 Å². The minimum absolute atomic E-state index is 0. The number of aromatic nitrogens is 2. The summed E-state index contributed by atoms with van der Waals surface area (Å²) in [5, 5.41) is 1.60. The van der Waals surface area contributed by atoms with Crippen LogP contribution in [0.2, 0.25) is 5.02 Å². The normalized spacial score (nSPS) is 14.4. The van der Waals surface area contributed by atoms with E-state index in [1.807, 2.05) is 11.4 Å². The number of anilines is 1. The zero-order valence-electron chi connectivity index (χ0n) is 17.1. The fourth-order valence-electron chi connectivity index (χ4n) is 3.50. The first kappa shape index (κ1) is 24.6. The van der Waals surface area contributed by atoms with Crippen molar-refractivity contribution in [2.24, 2.45) is 0 Å². The van der Waals surface area contributed by atoms with Gasteiger partial charge in [-0.15, -0.1) is 23.7 Å². The van der Waals surface area contributed by atoms with E-state index >= 15 is 0 Å². The second-order valence-electron chi connectivity index (χ2n) is 7.05. The molecule has 1 saturated heterocycles. The molecule has 32 heavy (non-hydrogen) atoms. The summed E-state index contributed by atoms with van der Waals surface area (Å²) in [5.41, 5.74) is 0.629. The van der Waals surface area contributed by atoms with Gasteiger partial charge >= 0.3 is 5.97 Å². The Kier molecular flexibility index (Phi) is 8.21. The van der Waals surface area contributed by atoms with Crippen molar-refractivity contribution in [3.05, 3.63) is 40.2 Å². The second kappa shape index (κ2) is 10.7. The van der Waals surface area contributed by atoms with E-state index < -0.39 is 11.6 Å². The summed E-state index contributed by atoms with van der Waals surface area (Å²) in [7, 11) is 0. The summed E-state index contributed by atoms with van der Waals surface area (Å²) in [4.78, 5) is 22.6. The highest BCUT2D eigenvalue weighted by Gasteiger charge is 2.25. The van der Waals surface area contributed by atoms with Crippen molar-refractivity contribution in [2.75, 3.05) is 31.2 Å². The number of thiophene rings is 1. The van der Waals surface area contributed by atoms with Crippen LogP contribution < -0.4 is 4.90 Å². The number of fused-ring (bicyclic) bond motifs is 1.